The van der Waals surface area contributed by atoms with E-state index in [0.717, 1.165) is 19.8 Å². The van der Waals surface area contributed by atoms with Gasteiger partial charge >= 0.3 is 0 Å². The SMILES string of the molecule is Cc1c(CNC2CCCOC2)n(C)c2ccccc12. The fourth-order valence-electron chi connectivity index (χ4n) is 3.03. The molecule has 19 heavy (non-hydrogen) atoms. The number of rotatable bonds is 3. The zero-order valence-corrected chi connectivity index (χ0v) is 11.8. The highest BCUT2D eigenvalue weighted by Gasteiger charge is 2.15. The van der Waals surface area contributed by atoms with Crippen LogP contribution in [0.15, 0.2) is 24.3 Å². The average molecular weight is 258 g/mol. The molecule has 1 aliphatic heterocycles. The molecule has 3 nitrogen and oxygen atoms in total. The lowest BCUT2D eigenvalue weighted by molar-refractivity contribution is 0.0697. The normalized spacial score (nSPS) is 20.0. The lowest BCUT2D eigenvalue weighted by Crippen LogP contribution is -2.36. The number of nitrogens with one attached hydrogen (secondary N) is 1. The van der Waals surface area contributed by atoms with E-state index >= 15 is 0 Å². The molecule has 3 heteroatoms. The number of aromatic nitrogens is 1. The second kappa shape index (κ2) is 5.35. The van der Waals surface area contributed by atoms with E-state index in [2.05, 4.69) is 48.1 Å². The van der Waals surface area contributed by atoms with E-state index in [1.165, 1.54) is 35.0 Å². The molecule has 0 aliphatic carbocycles. The Hall–Kier alpha value is -1.32. The third kappa shape index (κ3) is 2.40. The maximum absolute atomic E-state index is 5.52. The molecule has 1 atom stereocenters. The first-order chi connectivity index (χ1) is 9.27. The molecular weight excluding hydrogens is 236 g/mol. The topological polar surface area (TPSA) is 26.2 Å². The predicted molar refractivity (Wildman–Crippen MR) is 78.3 cm³/mol. The van der Waals surface area contributed by atoms with Crippen molar-refractivity contribution in [2.45, 2.75) is 32.4 Å². The molecule has 102 valence electrons. The summed E-state index contributed by atoms with van der Waals surface area (Å²) in [5.74, 6) is 0. The number of ether oxygens (including phenoxy) is 1. The van der Waals surface area contributed by atoms with Gasteiger partial charge in [-0.15, -0.1) is 0 Å². The number of hydrogen-bond acceptors (Lipinski definition) is 2. The highest BCUT2D eigenvalue weighted by molar-refractivity contribution is 5.85. The van der Waals surface area contributed by atoms with Gasteiger partial charge in [-0.1, -0.05) is 18.2 Å². The number of para-hydroxylation sites is 1. The Bertz CT molecular complexity index is 528. The summed E-state index contributed by atoms with van der Waals surface area (Å²) in [5.41, 5.74) is 4.09. The molecule has 1 aromatic heterocycles. The molecule has 1 aliphatic rings. The minimum Gasteiger partial charge on any atom is -0.380 e. The molecule has 0 saturated carbocycles. The Morgan fingerprint density at radius 3 is 2.95 bits per heavy atom. The Morgan fingerprint density at radius 2 is 2.21 bits per heavy atom. The first kappa shape index (κ1) is 12.7. The van der Waals surface area contributed by atoms with E-state index in [1.54, 1.807) is 0 Å². The van der Waals surface area contributed by atoms with Crippen LogP contribution in [-0.4, -0.2) is 23.8 Å². The van der Waals surface area contributed by atoms with Crippen molar-refractivity contribution in [3.63, 3.8) is 0 Å². The molecule has 0 spiro atoms. The summed E-state index contributed by atoms with van der Waals surface area (Å²) < 4.78 is 7.83. The monoisotopic (exact) mass is 258 g/mol. The lowest BCUT2D eigenvalue weighted by Gasteiger charge is -2.23. The van der Waals surface area contributed by atoms with Crippen LogP contribution >= 0.6 is 0 Å². The molecule has 1 unspecified atom stereocenters. The van der Waals surface area contributed by atoms with Crippen LogP contribution in [0.4, 0.5) is 0 Å². The fourth-order valence-corrected chi connectivity index (χ4v) is 3.03. The number of benzene rings is 1. The number of hydrogen-bond donors (Lipinski definition) is 1. The number of nitrogens with zero attached hydrogens (tertiary/aromatic N) is 1. The molecule has 1 fully saturated rings. The first-order valence-electron chi connectivity index (χ1n) is 7.11. The Labute approximate surface area is 114 Å². The van der Waals surface area contributed by atoms with Gasteiger partial charge in [0.05, 0.1) is 6.61 Å². The predicted octanol–water partition coefficient (Wildman–Crippen LogP) is 2.76. The number of fused-ring (bicyclic) bond motifs is 1. The van der Waals surface area contributed by atoms with Crippen molar-refractivity contribution in [2.75, 3.05) is 13.2 Å². The van der Waals surface area contributed by atoms with Crippen molar-refractivity contribution in [3.05, 3.63) is 35.5 Å². The van der Waals surface area contributed by atoms with Gasteiger partial charge in [-0.05, 0) is 31.4 Å². The van der Waals surface area contributed by atoms with Crippen LogP contribution in [0.1, 0.15) is 24.1 Å². The average Bonchev–Trinajstić information content (AvgIpc) is 2.71. The van der Waals surface area contributed by atoms with Gasteiger partial charge < -0.3 is 14.6 Å². The van der Waals surface area contributed by atoms with Gasteiger partial charge in [0, 0.05) is 42.8 Å². The van der Waals surface area contributed by atoms with E-state index < -0.39 is 0 Å². The largest absolute Gasteiger partial charge is 0.380 e. The number of aryl methyl sites for hydroxylation is 2. The van der Waals surface area contributed by atoms with Crippen LogP contribution in [0.5, 0.6) is 0 Å². The van der Waals surface area contributed by atoms with Crippen molar-refractivity contribution < 1.29 is 4.74 Å². The first-order valence-corrected chi connectivity index (χ1v) is 7.11. The second-order valence-electron chi connectivity index (χ2n) is 5.44. The quantitative estimate of drug-likeness (QED) is 0.916. The summed E-state index contributed by atoms with van der Waals surface area (Å²) in [5, 5.41) is 5.00. The van der Waals surface area contributed by atoms with Crippen LogP contribution in [0.2, 0.25) is 0 Å². The van der Waals surface area contributed by atoms with Gasteiger partial charge in [-0.3, -0.25) is 0 Å². The highest BCUT2D eigenvalue weighted by atomic mass is 16.5. The summed E-state index contributed by atoms with van der Waals surface area (Å²) in [6.07, 6.45) is 2.40. The minimum absolute atomic E-state index is 0.506. The van der Waals surface area contributed by atoms with Gasteiger partial charge in [0.25, 0.3) is 0 Å². The Balaban J connectivity index is 1.80. The van der Waals surface area contributed by atoms with E-state index in [9.17, 15) is 0 Å². The van der Waals surface area contributed by atoms with Gasteiger partial charge in [0.15, 0.2) is 0 Å². The summed E-state index contributed by atoms with van der Waals surface area (Å²) >= 11 is 0. The zero-order chi connectivity index (χ0) is 13.2. The molecule has 1 N–H and O–H groups in total. The van der Waals surface area contributed by atoms with Crippen LogP contribution in [0.25, 0.3) is 10.9 Å². The molecule has 0 amide bonds. The van der Waals surface area contributed by atoms with Gasteiger partial charge in [0.2, 0.25) is 0 Å². The third-order valence-electron chi connectivity index (χ3n) is 4.23. The Morgan fingerprint density at radius 1 is 1.37 bits per heavy atom. The molecule has 3 rings (SSSR count). The highest BCUT2D eigenvalue weighted by Crippen LogP contribution is 2.24. The van der Waals surface area contributed by atoms with E-state index in [1.807, 2.05) is 0 Å². The summed E-state index contributed by atoms with van der Waals surface area (Å²) in [6, 6.07) is 9.12. The molecule has 1 aromatic carbocycles. The minimum atomic E-state index is 0.506. The van der Waals surface area contributed by atoms with Crippen LogP contribution < -0.4 is 5.32 Å². The third-order valence-corrected chi connectivity index (χ3v) is 4.23. The van der Waals surface area contributed by atoms with Crippen LogP contribution in [0, 0.1) is 6.92 Å². The molecule has 2 heterocycles. The summed E-state index contributed by atoms with van der Waals surface area (Å²) in [4.78, 5) is 0. The van der Waals surface area contributed by atoms with E-state index in [-0.39, 0.29) is 0 Å². The smallest absolute Gasteiger partial charge is 0.0619 e. The van der Waals surface area contributed by atoms with Crippen LogP contribution in [0.3, 0.4) is 0 Å². The van der Waals surface area contributed by atoms with Gasteiger partial charge in [-0.25, -0.2) is 0 Å². The Kier molecular flexibility index (Phi) is 3.58. The van der Waals surface area contributed by atoms with Crippen molar-refractivity contribution in [1.29, 1.82) is 0 Å². The summed E-state index contributed by atoms with van der Waals surface area (Å²) in [7, 11) is 2.16. The summed E-state index contributed by atoms with van der Waals surface area (Å²) in [6.45, 7) is 4.91. The van der Waals surface area contributed by atoms with Crippen molar-refractivity contribution in [2.24, 2.45) is 7.05 Å². The van der Waals surface area contributed by atoms with Gasteiger partial charge in [0.1, 0.15) is 0 Å². The molecular formula is C16H22N2O. The van der Waals surface area contributed by atoms with E-state index in [0.29, 0.717) is 6.04 Å². The van der Waals surface area contributed by atoms with Crippen LogP contribution in [-0.2, 0) is 18.3 Å². The second-order valence-corrected chi connectivity index (χ2v) is 5.44. The molecule has 0 radical (unpaired) electrons. The zero-order valence-electron chi connectivity index (χ0n) is 11.8. The maximum atomic E-state index is 5.52. The fraction of sp³-hybridized carbons (Fsp3) is 0.500. The molecule has 1 saturated heterocycles. The van der Waals surface area contributed by atoms with Gasteiger partial charge in [-0.2, -0.15) is 0 Å². The van der Waals surface area contributed by atoms with E-state index in [4.69, 9.17) is 4.74 Å². The maximum Gasteiger partial charge on any atom is 0.0619 e. The molecule has 2 aromatic rings. The molecule has 0 bridgehead atoms. The standard InChI is InChI=1S/C16H22N2O/c1-12-14-7-3-4-8-15(14)18(2)16(12)10-17-13-6-5-9-19-11-13/h3-4,7-8,13,17H,5-6,9-11H2,1-2H3. The van der Waals surface area contributed by atoms with Crippen molar-refractivity contribution >= 4 is 10.9 Å². The lowest BCUT2D eigenvalue weighted by atomic mass is 10.1. The van der Waals surface area contributed by atoms with Crippen molar-refractivity contribution in [1.82, 2.24) is 9.88 Å². The van der Waals surface area contributed by atoms with Crippen molar-refractivity contribution in [3.8, 4) is 0 Å².